The fourth-order valence-corrected chi connectivity index (χ4v) is 6.75. The van der Waals surface area contributed by atoms with E-state index in [0.717, 1.165) is 18.9 Å². The molecule has 3 fully saturated rings. The minimum Gasteiger partial charge on any atom is -0.415 e. The summed E-state index contributed by atoms with van der Waals surface area (Å²) in [7, 11) is 0. The zero-order valence-electron chi connectivity index (χ0n) is 26.3. The fourth-order valence-electron chi connectivity index (χ4n) is 4.71. The van der Waals surface area contributed by atoms with E-state index >= 15 is 0 Å². The van der Waals surface area contributed by atoms with Gasteiger partial charge in [-0.25, -0.2) is 14.4 Å². The number of hydrogen-bond acceptors (Lipinski definition) is 14. The van der Waals surface area contributed by atoms with Crippen molar-refractivity contribution in [2.45, 2.75) is 47.9 Å². The number of amides is 1. The number of aromatic nitrogens is 4. The summed E-state index contributed by atoms with van der Waals surface area (Å²) in [6.45, 7) is -0.114. The number of hydrogen-bond donors (Lipinski definition) is 5. The highest BCUT2D eigenvalue weighted by Gasteiger charge is 2.62. The van der Waals surface area contributed by atoms with Gasteiger partial charge in [0.15, 0.2) is 0 Å². The van der Waals surface area contributed by atoms with Gasteiger partial charge in [-0.15, -0.1) is 23.5 Å². The molecule has 0 radical (unpaired) electrons. The number of nitrogen functional groups attached to an aromatic ring is 2. The lowest BCUT2D eigenvalue weighted by Crippen LogP contribution is -2.49. The topological polar surface area (TPSA) is 219 Å². The summed E-state index contributed by atoms with van der Waals surface area (Å²) >= 11 is 8.72. The van der Waals surface area contributed by atoms with E-state index in [1.807, 2.05) is 0 Å². The molecule has 21 heteroatoms. The molecule has 3 aromatic rings. The Morgan fingerprint density at radius 1 is 0.941 bits per heavy atom. The number of rotatable bonds is 4. The molecule has 2 aromatic heterocycles. The van der Waals surface area contributed by atoms with E-state index < -0.39 is 29.3 Å². The maximum atomic E-state index is 13.6. The fraction of sp³-hybridized carbons (Fsp3) is 0.433. The summed E-state index contributed by atoms with van der Waals surface area (Å²) < 4.78 is 59.0. The molecule has 1 amide bonds. The van der Waals surface area contributed by atoms with E-state index in [0.29, 0.717) is 11.5 Å². The SMILES string of the molecule is Nc1ccn([C@H]2CS[C@@H](CO)O2)c(=O)n1.Nc1ccn([C@H]2CS[C@@H](CO)O2)c(=O)n1.O=C1Nc2ccc(Cl)cc2[C@@](C#CC2CC2)(C(F)(F)F)O1. The number of anilines is 3. The minimum absolute atomic E-state index is 0.00179. The van der Waals surface area contributed by atoms with E-state index in [2.05, 4.69) is 31.9 Å². The lowest BCUT2D eigenvalue weighted by atomic mass is 9.90. The molecule has 4 aliphatic rings. The van der Waals surface area contributed by atoms with Crippen molar-refractivity contribution in [3.05, 3.63) is 74.3 Å². The Balaban J connectivity index is 0.000000152. The molecule has 0 bridgehead atoms. The van der Waals surface area contributed by atoms with Crippen LogP contribution in [-0.4, -0.2) is 77.2 Å². The number of carbonyl (C=O) groups is 1. The summed E-state index contributed by atoms with van der Waals surface area (Å²) in [5, 5.41) is 20.1. The van der Waals surface area contributed by atoms with E-state index in [4.69, 9.17) is 42.8 Å². The van der Waals surface area contributed by atoms with E-state index in [1.54, 1.807) is 24.5 Å². The number of halogens is 4. The first-order valence-electron chi connectivity index (χ1n) is 15.1. The van der Waals surface area contributed by atoms with Crippen LogP contribution in [0.25, 0.3) is 0 Å². The van der Waals surface area contributed by atoms with Gasteiger partial charge in [0.25, 0.3) is 5.60 Å². The summed E-state index contributed by atoms with van der Waals surface area (Å²) in [4.78, 5) is 41.6. The number of nitrogens with two attached hydrogens (primary N) is 2. The van der Waals surface area contributed by atoms with Crippen LogP contribution in [0.4, 0.5) is 35.3 Å². The Kier molecular flexibility index (Phi) is 12.1. The summed E-state index contributed by atoms with van der Waals surface area (Å²) in [5.41, 5.74) is 6.08. The van der Waals surface area contributed by atoms with Gasteiger partial charge in [-0.05, 0) is 49.1 Å². The third-order valence-corrected chi connectivity index (χ3v) is 9.82. The van der Waals surface area contributed by atoms with Gasteiger partial charge >= 0.3 is 23.6 Å². The van der Waals surface area contributed by atoms with Crippen LogP contribution < -0.4 is 28.2 Å². The molecule has 1 saturated carbocycles. The molecule has 5 heterocycles. The van der Waals surface area contributed by atoms with Crippen LogP contribution in [0.5, 0.6) is 0 Å². The zero-order valence-corrected chi connectivity index (χ0v) is 28.7. The Labute approximate surface area is 300 Å². The standard InChI is InChI=1S/C14H9ClF3NO2.2C8H11N3O3S/c15-9-3-4-11-10(7-9)13(14(16,17)18,21-12(20)19-11)6-5-8-1-2-8;2*9-5-1-2-11(8(13)10-5)6-4-15-7(3-12)14-6/h3-4,7-8H,1-2H2,(H,19,20);2*1-2,6-7,12H,3-4H2,(H2,9,10,13)/t13-;2*6-,7+/m011/s1. The number of ether oxygens (including phenoxy) is 3. The summed E-state index contributed by atoms with van der Waals surface area (Å²) in [6, 6.07) is 6.90. The molecule has 1 aromatic carbocycles. The predicted molar refractivity (Wildman–Crippen MR) is 183 cm³/mol. The van der Waals surface area contributed by atoms with Crippen molar-refractivity contribution in [3.63, 3.8) is 0 Å². The number of aliphatic hydroxyl groups excluding tert-OH is 2. The first-order valence-corrected chi connectivity index (χ1v) is 17.5. The monoisotopic (exact) mass is 773 g/mol. The van der Waals surface area contributed by atoms with Crippen LogP contribution in [-0.2, 0) is 19.8 Å². The average molecular weight is 774 g/mol. The lowest BCUT2D eigenvalue weighted by Gasteiger charge is -2.35. The van der Waals surface area contributed by atoms with Crippen LogP contribution in [0.3, 0.4) is 0 Å². The largest absolute Gasteiger partial charge is 0.445 e. The van der Waals surface area contributed by atoms with Crippen LogP contribution in [0.2, 0.25) is 5.02 Å². The van der Waals surface area contributed by atoms with Crippen molar-refractivity contribution in [1.82, 2.24) is 19.1 Å². The quantitative estimate of drug-likeness (QED) is 0.241. The van der Waals surface area contributed by atoms with Gasteiger partial charge in [0.05, 0.1) is 18.9 Å². The zero-order chi connectivity index (χ0) is 36.9. The molecule has 1 aliphatic carbocycles. The second kappa shape index (κ2) is 16.1. The highest BCUT2D eigenvalue weighted by atomic mass is 35.5. The summed E-state index contributed by atoms with van der Waals surface area (Å²) in [6.07, 6.45) is -2.17. The number of cyclic esters (lactones) is 1. The Hall–Kier alpha value is -3.97. The second-order valence-electron chi connectivity index (χ2n) is 11.1. The van der Waals surface area contributed by atoms with Gasteiger partial charge < -0.3 is 35.9 Å². The van der Waals surface area contributed by atoms with Crippen LogP contribution >= 0.6 is 35.1 Å². The summed E-state index contributed by atoms with van der Waals surface area (Å²) in [5.74, 6) is 6.24. The molecular formula is C30H31ClF3N7O8S2. The number of fused-ring (bicyclic) bond motifs is 1. The van der Waals surface area contributed by atoms with Crippen molar-refractivity contribution in [1.29, 1.82) is 0 Å². The third-order valence-electron chi connectivity index (χ3n) is 7.36. The van der Waals surface area contributed by atoms with Gasteiger partial charge in [-0.1, -0.05) is 17.5 Å². The second-order valence-corrected chi connectivity index (χ2v) is 13.9. The number of nitrogens with one attached hydrogen (secondary N) is 1. The van der Waals surface area contributed by atoms with Crippen molar-refractivity contribution >= 4 is 58.5 Å². The number of alkyl halides is 3. The maximum Gasteiger partial charge on any atom is 0.445 e. The lowest BCUT2D eigenvalue weighted by molar-refractivity contribution is -0.239. The van der Waals surface area contributed by atoms with E-state index in [1.165, 1.54) is 44.8 Å². The number of benzene rings is 1. The Bertz CT molecular complexity index is 1850. The molecule has 2 saturated heterocycles. The third kappa shape index (κ3) is 9.29. The van der Waals surface area contributed by atoms with Crippen molar-refractivity contribution in [2.24, 2.45) is 5.92 Å². The van der Waals surface area contributed by atoms with Gasteiger partial charge in [0.2, 0.25) is 0 Å². The van der Waals surface area contributed by atoms with E-state index in [9.17, 15) is 27.6 Å². The molecule has 5 atom stereocenters. The van der Waals surface area contributed by atoms with Gasteiger partial charge in [0, 0.05) is 40.4 Å². The Morgan fingerprint density at radius 3 is 1.90 bits per heavy atom. The number of aliphatic hydroxyl groups is 2. The van der Waals surface area contributed by atoms with Crippen LogP contribution in [0.1, 0.15) is 30.9 Å². The van der Waals surface area contributed by atoms with Crippen molar-refractivity contribution in [3.8, 4) is 11.8 Å². The molecule has 3 aliphatic heterocycles. The first-order chi connectivity index (χ1) is 24.2. The number of carbonyl (C=O) groups excluding carboxylic acids is 1. The molecule has 7 rings (SSSR count). The van der Waals surface area contributed by atoms with Crippen LogP contribution in [0, 0.1) is 17.8 Å². The van der Waals surface area contributed by atoms with Gasteiger partial charge in [-0.2, -0.15) is 23.1 Å². The van der Waals surface area contributed by atoms with Gasteiger partial charge in [0.1, 0.15) is 35.0 Å². The number of thioether (sulfide) groups is 2. The van der Waals surface area contributed by atoms with Crippen molar-refractivity contribution in [2.75, 3.05) is 41.5 Å². The van der Waals surface area contributed by atoms with Crippen molar-refractivity contribution < 1.29 is 42.4 Å². The highest BCUT2D eigenvalue weighted by Crippen LogP contribution is 2.48. The molecule has 15 nitrogen and oxygen atoms in total. The van der Waals surface area contributed by atoms with Crippen LogP contribution in [0.15, 0.2) is 52.3 Å². The molecular weight excluding hydrogens is 743 g/mol. The highest BCUT2D eigenvalue weighted by molar-refractivity contribution is 8.00. The normalized spacial score (nSPS) is 25.1. The Morgan fingerprint density at radius 2 is 1.47 bits per heavy atom. The number of nitrogens with zero attached hydrogens (tertiary/aromatic N) is 4. The predicted octanol–water partition coefficient (Wildman–Crippen LogP) is 2.88. The van der Waals surface area contributed by atoms with E-state index in [-0.39, 0.29) is 70.4 Å². The molecule has 274 valence electrons. The average Bonchev–Trinajstić information content (AvgIpc) is 3.57. The molecule has 7 N–H and O–H groups in total. The molecule has 51 heavy (non-hydrogen) atoms. The minimum atomic E-state index is -4.87. The first kappa shape index (κ1) is 38.3. The molecule has 0 unspecified atom stereocenters. The maximum absolute atomic E-state index is 13.6. The molecule has 0 spiro atoms. The smallest absolute Gasteiger partial charge is 0.415 e. The van der Waals surface area contributed by atoms with Gasteiger partial charge in [-0.3, -0.25) is 14.5 Å².